The Morgan fingerprint density at radius 2 is 1.96 bits per heavy atom. The molecule has 6 heteroatoms. The number of hydrogen-bond donors (Lipinski definition) is 0. The molecule has 0 bridgehead atoms. The highest BCUT2D eigenvalue weighted by atomic mass is 32.2. The first kappa shape index (κ1) is 15.9. The largest absolute Gasteiger partial charge is 0.606 e. The topological polar surface area (TPSA) is 61.2 Å². The first-order valence-electron chi connectivity index (χ1n) is 8.05. The minimum Gasteiger partial charge on any atom is -0.606 e. The molecule has 1 amide bonds. The Morgan fingerprint density at radius 1 is 1.16 bits per heavy atom. The van der Waals surface area contributed by atoms with E-state index in [2.05, 4.69) is 4.98 Å². The van der Waals surface area contributed by atoms with Crippen molar-refractivity contribution in [3.63, 3.8) is 0 Å². The van der Waals surface area contributed by atoms with Gasteiger partial charge in [-0.1, -0.05) is 18.2 Å². The number of hydrogen-bond acceptors (Lipinski definition) is 3. The van der Waals surface area contributed by atoms with E-state index < -0.39 is 11.2 Å². The summed E-state index contributed by atoms with van der Waals surface area (Å²) in [6.07, 6.45) is 5.57. The normalized spacial score (nSPS) is 15.6. The van der Waals surface area contributed by atoms with E-state index in [0.29, 0.717) is 34.1 Å². The third-order valence-electron chi connectivity index (χ3n) is 4.25. The van der Waals surface area contributed by atoms with Crippen LogP contribution in [0.1, 0.15) is 12.0 Å². The zero-order valence-corrected chi connectivity index (χ0v) is 14.6. The molecule has 0 spiro atoms. The maximum atomic E-state index is 13.0. The number of nitrogens with zero attached hydrogens (tertiary/aromatic N) is 3. The highest BCUT2D eigenvalue weighted by Crippen LogP contribution is 2.44. The fourth-order valence-corrected chi connectivity index (χ4v) is 4.35. The summed E-state index contributed by atoms with van der Waals surface area (Å²) < 4.78 is 14.8. The maximum absolute atomic E-state index is 13.0. The Kier molecular flexibility index (Phi) is 4.07. The van der Waals surface area contributed by atoms with Crippen molar-refractivity contribution in [2.24, 2.45) is 0 Å². The van der Waals surface area contributed by atoms with Crippen molar-refractivity contribution < 1.29 is 9.35 Å². The van der Waals surface area contributed by atoms with Crippen molar-refractivity contribution in [1.82, 2.24) is 9.55 Å². The van der Waals surface area contributed by atoms with Gasteiger partial charge in [0.2, 0.25) is 5.91 Å². The molecule has 1 aromatic heterocycles. The Labute approximate surface area is 149 Å². The van der Waals surface area contributed by atoms with Gasteiger partial charge in [-0.25, -0.2) is 4.98 Å². The summed E-state index contributed by atoms with van der Waals surface area (Å²) in [5, 5.41) is 0. The van der Waals surface area contributed by atoms with Crippen LogP contribution in [0, 0.1) is 6.92 Å². The molecule has 1 aliphatic heterocycles. The molecule has 1 aliphatic rings. The van der Waals surface area contributed by atoms with Gasteiger partial charge in [-0.05, 0) is 36.8 Å². The molecule has 2 heterocycles. The van der Waals surface area contributed by atoms with Crippen LogP contribution in [-0.4, -0.2) is 20.0 Å². The summed E-state index contributed by atoms with van der Waals surface area (Å²) in [6, 6.07) is 13.1. The van der Waals surface area contributed by atoms with Gasteiger partial charge >= 0.3 is 0 Å². The number of rotatable bonds is 3. The second kappa shape index (κ2) is 6.38. The summed E-state index contributed by atoms with van der Waals surface area (Å²) in [7, 11) is 0. The molecule has 0 saturated heterocycles. The number of imidazole rings is 1. The Balaban J connectivity index is 1.74. The maximum Gasteiger partial charge on any atom is 0.233 e. The van der Waals surface area contributed by atoms with Crippen LogP contribution in [0.15, 0.2) is 71.0 Å². The van der Waals surface area contributed by atoms with Gasteiger partial charge in [-0.3, -0.25) is 9.69 Å². The van der Waals surface area contributed by atoms with Crippen LogP contribution in [0.5, 0.6) is 0 Å². The first-order valence-corrected chi connectivity index (χ1v) is 9.20. The van der Waals surface area contributed by atoms with Crippen molar-refractivity contribution in [2.75, 3.05) is 4.90 Å². The third-order valence-corrected chi connectivity index (χ3v) is 5.74. The van der Waals surface area contributed by atoms with Crippen LogP contribution in [0.4, 0.5) is 11.4 Å². The predicted molar refractivity (Wildman–Crippen MR) is 96.3 cm³/mol. The molecule has 1 unspecified atom stereocenters. The number of carbonyl (C=O) groups is 1. The van der Waals surface area contributed by atoms with Crippen LogP contribution in [-0.2, 0) is 22.5 Å². The van der Waals surface area contributed by atoms with E-state index in [-0.39, 0.29) is 5.91 Å². The number of carbonyl (C=O) groups excluding carboxylic acids is 1. The third kappa shape index (κ3) is 2.83. The van der Waals surface area contributed by atoms with Gasteiger partial charge in [-0.15, -0.1) is 0 Å². The van der Waals surface area contributed by atoms with E-state index in [0.717, 1.165) is 5.56 Å². The van der Waals surface area contributed by atoms with E-state index in [4.69, 9.17) is 0 Å². The van der Waals surface area contributed by atoms with Crippen LogP contribution in [0.2, 0.25) is 0 Å². The number of fused-ring (bicyclic) bond motifs is 2. The number of anilines is 2. The number of para-hydroxylation sites is 1. The Hall–Kier alpha value is -2.57. The zero-order chi connectivity index (χ0) is 17.4. The highest BCUT2D eigenvalue weighted by molar-refractivity contribution is 7.92. The summed E-state index contributed by atoms with van der Waals surface area (Å²) in [4.78, 5) is 20.1. The van der Waals surface area contributed by atoms with Crippen LogP contribution in [0.3, 0.4) is 0 Å². The van der Waals surface area contributed by atoms with Crippen LogP contribution < -0.4 is 4.90 Å². The average molecular weight is 351 g/mol. The van der Waals surface area contributed by atoms with Crippen molar-refractivity contribution in [3.8, 4) is 0 Å². The lowest BCUT2D eigenvalue weighted by atomic mass is 10.1. The van der Waals surface area contributed by atoms with E-state index in [1.165, 1.54) is 0 Å². The van der Waals surface area contributed by atoms with Gasteiger partial charge < -0.3 is 9.12 Å². The van der Waals surface area contributed by atoms with Gasteiger partial charge in [0.05, 0.1) is 6.33 Å². The molecular formula is C19H17N3O2S. The van der Waals surface area contributed by atoms with E-state index in [9.17, 15) is 9.35 Å². The minimum absolute atomic E-state index is 0.0234. The van der Waals surface area contributed by atoms with Crippen molar-refractivity contribution in [3.05, 3.63) is 66.7 Å². The highest BCUT2D eigenvalue weighted by Gasteiger charge is 2.36. The molecule has 1 atom stereocenters. The lowest BCUT2D eigenvalue weighted by molar-refractivity contribution is -0.118. The quantitative estimate of drug-likeness (QED) is 0.679. The van der Waals surface area contributed by atoms with Crippen LogP contribution >= 0.6 is 0 Å². The SMILES string of the molecule is Cc1ccc2c(c1)N(C(=O)CCn1ccnc1)c1ccccc1[S+]2[O-]. The molecular weight excluding hydrogens is 334 g/mol. The van der Waals surface area contributed by atoms with Crippen LogP contribution in [0.25, 0.3) is 0 Å². The van der Waals surface area contributed by atoms with Crippen molar-refractivity contribution >= 4 is 28.5 Å². The lowest BCUT2D eigenvalue weighted by Crippen LogP contribution is -2.32. The van der Waals surface area contributed by atoms with Crippen molar-refractivity contribution in [2.45, 2.75) is 29.7 Å². The molecule has 0 radical (unpaired) electrons. The molecule has 0 fully saturated rings. The van der Waals surface area contributed by atoms with E-state index in [1.807, 2.05) is 60.2 Å². The summed E-state index contributed by atoms with van der Waals surface area (Å²) in [6.45, 7) is 2.53. The van der Waals surface area contributed by atoms with Gasteiger partial charge in [0.1, 0.15) is 11.4 Å². The fourth-order valence-electron chi connectivity index (χ4n) is 3.03. The smallest absolute Gasteiger partial charge is 0.233 e. The van der Waals surface area contributed by atoms with Gasteiger partial charge in [0.25, 0.3) is 0 Å². The molecule has 25 heavy (non-hydrogen) atoms. The molecule has 5 nitrogen and oxygen atoms in total. The summed E-state index contributed by atoms with van der Waals surface area (Å²) in [5.41, 5.74) is 2.45. The molecule has 0 saturated carbocycles. The van der Waals surface area contributed by atoms with E-state index >= 15 is 0 Å². The first-order chi connectivity index (χ1) is 12.1. The molecule has 0 aliphatic carbocycles. The van der Waals surface area contributed by atoms with Gasteiger partial charge in [0, 0.05) is 36.5 Å². The number of amides is 1. The lowest BCUT2D eigenvalue weighted by Gasteiger charge is -2.31. The second-order valence-corrected chi connectivity index (χ2v) is 7.40. The predicted octanol–water partition coefficient (Wildman–Crippen LogP) is 3.43. The van der Waals surface area contributed by atoms with E-state index in [1.54, 1.807) is 17.4 Å². The summed E-state index contributed by atoms with van der Waals surface area (Å²) in [5.74, 6) is -0.0234. The fraction of sp³-hybridized carbons (Fsp3) is 0.158. The minimum atomic E-state index is -1.28. The zero-order valence-electron chi connectivity index (χ0n) is 13.8. The monoisotopic (exact) mass is 351 g/mol. The second-order valence-electron chi connectivity index (χ2n) is 5.99. The molecule has 2 aromatic carbocycles. The van der Waals surface area contributed by atoms with Crippen molar-refractivity contribution in [1.29, 1.82) is 0 Å². The number of aromatic nitrogens is 2. The Bertz CT molecular complexity index is 924. The standard InChI is InChI=1S/C19H17N3O2S/c1-14-6-7-18-16(12-14)22(15-4-2-3-5-17(15)25(18)24)19(23)8-10-21-11-9-20-13-21/h2-7,9,11-13H,8,10H2,1H3. The molecule has 4 rings (SSSR count). The molecule has 0 N–H and O–H groups in total. The Morgan fingerprint density at radius 3 is 2.76 bits per heavy atom. The number of aryl methyl sites for hydroxylation is 2. The van der Waals surface area contributed by atoms with Gasteiger partial charge in [-0.2, -0.15) is 0 Å². The molecule has 3 aromatic rings. The average Bonchev–Trinajstić information content (AvgIpc) is 3.13. The molecule has 126 valence electrons. The number of benzene rings is 2. The summed E-state index contributed by atoms with van der Waals surface area (Å²) >= 11 is -1.28. The van der Waals surface area contributed by atoms with Gasteiger partial charge in [0.15, 0.2) is 9.79 Å².